The number of sulfonamides is 1. The molecule has 0 atom stereocenters. The van der Waals surface area contributed by atoms with Crippen molar-refractivity contribution in [1.29, 1.82) is 0 Å². The molecule has 1 aromatic heterocycles. The number of nitrogens with zero attached hydrogens (tertiary/aromatic N) is 2. The van der Waals surface area contributed by atoms with Crippen LogP contribution >= 0.6 is 0 Å². The molecule has 3 rings (SSSR count). The quantitative estimate of drug-likeness (QED) is 0.238. The Morgan fingerprint density at radius 3 is 2.08 bits per heavy atom. The number of methoxy groups -OCH3 is 1. The van der Waals surface area contributed by atoms with Gasteiger partial charge in [-0.25, -0.2) is 8.42 Å². The van der Waals surface area contributed by atoms with E-state index >= 15 is 0 Å². The highest BCUT2D eigenvalue weighted by Gasteiger charge is 2.33. The van der Waals surface area contributed by atoms with Gasteiger partial charge in [0.05, 0.1) is 10.6 Å². The van der Waals surface area contributed by atoms with Gasteiger partial charge >= 0.3 is 0 Å². The Bertz CT molecular complexity index is 1400. The molecule has 37 heavy (non-hydrogen) atoms. The number of anilines is 1. The molecule has 0 aliphatic rings. The van der Waals surface area contributed by atoms with E-state index in [1.807, 2.05) is 6.92 Å². The number of aromatic nitrogens is 1. The Hall–Kier alpha value is -3.82. The molecule has 0 aliphatic carbocycles. The summed E-state index contributed by atoms with van der Waals surface area (Å²) in [6.45, 7) is 8.61. The van der Waals surface area contributed by atoms with Gasteiger partial charge in [-0.2, -0.15) is 4.31 Å². The van der Waals surface area contributed by atoms with Crippen LogP contribution in [0.3, 0.4) is 0 Å². The number of amides is 1. The fraction of sp³-hybridized carbons (Fsp3) is 0.250. The van der Waals surface area contributed by atoms with Gasteiger partial charge in [0.2, 0.25) is 0 Å². The topological polar surface area (TPSA) is 103 Å². The van der Waals surface area contributed by atoms with Crippen LogP contribution in [0.1, 0.15) is 40.9 Å². The Labute approximate surface area is 218 Å². The third-order valence-electron chi connectivity index (χ3n) is 5.35. The lowest BCUT2D eigenvalue weighted by Gasteiger charge is -2.24. The second kappa shape index (κ2) is 12.9. The lowest BCUT2D eigenvalue weighted by Crippen LogP contribution is -2.37. The van der Waals surface area contributed by atoms with Crippen LogP contribution in [0.4, 0.5) is 5.69 Å². The van der Waals surface area contributed by atoms with Crippen molar-refractivity contribution in [2.45, 2.75) is 39.5 Å². The predicted octanol–water partition coefficient (Wildman–Crippen LogP) is 5.18. The molecule has 9 heteroatoms. The predicted molar refractivity (Wildman–Crippen MR) is 143 cm³/mol. The van der Waals surface area contributed by atoms with Crippen molar-refractivity contribution in [3.05, 3.63) is 94.5 Å². The molecule has 0 unspecified atom stereocenters. The maximum Gasteiger partial charge on any atom is 0.272 e. The Morgan fingerprint density at radius 2 is 1.54 bits per heavy atom. The molecule has 8 nitrogen and oxygen atoms in total. The number of ether oxygens (including phenoxy) is 2. The van der Waals surface area contributed by atoms with Crippen LogP contribution < -0.4 is 9.04 Å². The van der Waals surface area contributed by atoms with Gasteiger partial charge in [-0.15, -0.1) is 0 Å². The number of allylic oxidation sites excluding steroid dienone is 2. The molecular weight excluding hydrogens is 492 g/mol. The zero-order valence-electron chi connectivity index (χ0n) is 22.1. The smallest absolute Gasteiger partial charge is 0.272 e. The van der Waals surface area contributed by atoms with E-state index in [-0.39, 0.29) is 16.1 Å². The van der Waals surface area contributed by atoms with Gasteiger partial charge in [0.25, 0.3) is 15.9 Å². The van der Waals surface area contributed by atoms with Gasteiger partial charge in [-0.05, 0) is 82.1 Å². The van der Waals surface area contributed by atoms with E-state index < -0.39 is 15.9 Å². The molecular formula is C28H32N2O6S. The number of aryl methyl sites for hydroxylation is 3. The van der Waals surface area contributed by atoms with E-state index in [9.17, 15) is 18.0 Å². The van der Waals surface area contributed by atoms with E-state index in [1.54, 1.807) is 66.2 Å². The van der Waals surface area contributed by atoms with Crippen LogP contribution in [0, 0.1) is 20.8 Å². The standard InChI is InChI=1S/C26H26N2O5S.C2H6O/c1-17-6-9-25(19(3)14-17)34(31,32)28(26(30)22-10-12-27-13-11-22)23-7-8-24(18(2)15-23)33-21(5)20(4)16-29;1-3-2/h6-16H,1-5H3;1-2H3/b21-20+;. The van der Waals surface area contributed by atoms with Gasteiger partial charge < -0.3 is 9.47 Å². The van der Waals surface area contributed by atoms with Crippen molar-refractivity contribution >= 4 is 27.9 Å². The number of aldehydes is 1. The minimum absolute atomic E-state index is 0.0406. The molecule has 0 radical (unpaired) electrons. The first-order valence-electron chi connectivity index (χ1n) is 11.4. The average Bonchev–Trinajstić information content (AvgIpc) is 2.85. The molecule has 0 aliphatic heterocycles. The van der Waals surface area contributed by atoms with Gasteiger partial charge in [0.1, 0.15) is 17.8 Å². The van der Waals surface area contributed by atoms with Crippen molar-refractivity contribution in [2.75, 3.05) is 18.5 Å². The molecule has 2 aromatic carbocycles. The zero-order chi connectivity index (χ0) is 27.8. The van der Waals surface area contributed by atoms with Crippen molar-refractivity contribution in [3.63, 3.8) is 0 Å². The second-order valence-electron chi connectivity index (χ2n) is 8.40. The van der Waals surface area contributed by atoms with Crippen LogP contribution in [0.2, 0.25) is 0 Å². The van der Waals surface area contributed by atoms with Crippen molar-refractivity contribution < 1.29 is 27.5 Å². The number of carbonyl (C=O) groups excluding carboxylic acids is 2. The summed E-state index contributed by atoms with van der Waals surface area (Å²) in [5.41, 5.74) is 2.83. The van der Waals surface area contributed by atoms with Crippen molar-refractivity contribution in [2.24, 2.45) is 0 Å². The fourth-order valence-corrected chi connectivity index (χ4v) is 4.98. The SMILES string of the molecule is C/C(C=O)=C(/C)Oc1ccc(N(C(=O)c2ccncc2)S(=O)(=O)c2ccc(C)cc2C)cc1C.COC. The maximum atomic E-state index is 13.8. The summed E-state index contributed by atoms with van der Waals surface area (Å²) in [6, 6.07) is 12.5. The molecule has 0 N–H and O–H groups in total. The van der Waals surface area contributed by atoms with Crippen LogP contribution in [-0.4, -0.2) is 39.8 Å². The van der Waals surface area contributed by atoms with Crippen LogP contribution in [0.25, 0.3) is 0 Å². The van der Waals surface area contributed by atoms with E-state index in [4.69, 9.17) is 4.74 Å². The average molecular weight is 525 g/mol. The highest BCUT2D eigenvalue weighted by molar-refractivity contribution is 7.93. The minimum Gasteiger partial charge on any atom is -0.461 e. The third-order valence-corrected chi connectivity index (χ3v) is 7.22. The second-order valence-corrected chi connectivity index (χ2v) is 10.2. The molecule has 196 valence electrons. The van der Waals surface area contributed by atoms with Crippen molar-refractivity contribution in [3.8, 4) is 5.75 Å². The number of hydrogen-bond acceptors (Lipinski definition) is 7. The van der Waals surface area contributed by atoms with E-state index in [0.717, 1.165) is 9.87 Å². The minimum atomic E-state index is -4.25. The summed E-state index contributed by atoms with van der Waals surface area (Å²) >= 11 is 0. The van der Waals surface area contributed by atoms with E-state index in [1.165, 1.54) is 36.7 Å². The lowest BCUT2D eigenvalue weighted by molar-refractivity contribution is -0.105. The number of benzene rings is 2. The number of hydrogen-bond donors (Lipinski definition) is 0. The Balaban J connectivity index is 0.00000153. The molecule has 1 heterocycles. The summed E-state index contributed by atoms with van der Waals surface area (Å²) in [6.07, 6.45) is 3.56. The molecule has 0 saturated heterocycles. The van der Waals surface area contributed by atoms with Gasteiger partial charge in [-0.1, -0.05) is 17.7 Å². The fourth-order valence-electron chi connectivity index (χ4n) is 3.37. The summed E-state index contributed by atoms with van der Waals surface area (Å²) in [5, 5.41) is 0. The van der Waals surface area contributed by atoms with Crippen LogP contribution in [0.5, 0.6) is 5.75 Å². The summed E-state index contributed by atoms with van der Waals surface area (Å²) < 4.78 is 38.4. The van der Waals surface area contributed by atoms with Crippen molar-refractivity contribution in [1.82, 2.24) is 4.98 Å². The maximum absolute atomic E-state index is 13.8. The molecule has 3 aromatic rings. The first-order chi connectivity index (χ1) is 17.5. The first-order valence-corrected chi connectivity index (χ1v) is 12.8. The Kier molecular flexibility index (Phi) is 10.3. The number of carbonyl (C=O) groups is 2. The molecule has 0 fully saturated rings. The normalized spacial score (nSPS) is 11.5. The molecule has 0 spiro atoms. The van der Waals surface area contributed by atoms with Crippen LogP contribution in [-0.2, 0) is 19.6 Å². The third kappa shape index (κ3) is 7.12. The Morgan fingerprint density at radius 1 is 0.919 bits per heavy atom. The zero-order valence-corrected chi connectivity index (χ0v) is 22.9. The molecule has 0 saturated carbocycles. The lowest BCUT2D eigenvalue weighted by atomic mass is 10.2. The van der Waals surface area contributed by atoms with Gasteiger partial charge in [0, 0.05) is 37.7 Å². The largest absolute Gasteiger partial charge is 0.461 e. The summed E-state index contributed by atoms with van der Waals surface area (Å²) in [7, 11) is -1.00. The van der Waals surface area contributed by atoms with E-state index in [2.05, 4.69) is 9.72 Å². The first kappa shape index (κ1) is 29.4. The summed E-state index contributed by atoms with van der Waals surface area (Å²) in [5.74, 6) is 0.171. The highest BCUT2D eigenvalue weighted by Crippen LogP contribution is 2.32. The summed E-state index contributed by atoms with van der Waals surface area (Å²) in [4.78, 5) is 28.5. The molecule has 1 amide bonds. The molecule has 0 bridgehead atoms. The van der Waals surface area contributed by atoms with Gasteiger partial charge in [0.15, 0.2) is 0 Å². The van der Waals surface area contributed by atoms with E-state index in [0.29, 0.717) is 34.5 Å². The number of pyridine rings is 1. The van der Waals surface area contributed by atoms with Crippen LogP contribution in [0.15, 0.2) is 77.2 Å². The number of rotatable bonds is 7. The highest BCUT2D eigenvalue weighted by atomic mass is 32.2. The monoisotopic (exact) mass is 524 g/mol. The van der Waals surface area contributed by atoms with Gasteiger partial charge in [-0.3, -0.25) is 14.6 Å².